The standard InChI is InChI=1S/C23H28N2O5.C6H5NO2/c1-12-16-10-25-6-5-13-15-8-20(27-2)21(28-3)9-18(15)24-22(13)19(25)7-14(16)17(11-30-12)23(26)29-4;8-6(9)5-2-1-3-7-4-5/h8-9,11-12,14,16,19,24H,5-7,10H2,1-4H3;1-4H,(H,8,9)/t12-,14-,16-,19-;/m0./s1. The largest absolute Gasteiger partial charge is 0.497 e. The zero-order valence-electron chi connectivity index (χ0n) is 22.5. The molecule has 1 aromatic carbocycles. The molecule has 6 rings (SSSR count). The van der Waals surface area contributed by atoms with Crippen molar-refractivity contribution in [2.75, 3.05) is 34.4 Å². The van der Waals surface area contributed by atoms with E-state index < -0.39 is 5.97 Å². The van der Waals surface area contributed by atoms with Gasteiger partial charge in [0.2, 0.25) is 0 Å². The van der Waals surface area contributed by atoms with Crippen LogP contribution in [0.1, 0.15) is 41.0 Å². The van der Waals surface area contributed by atoms with Crippen LogP contribution in [0, 0.1) is 11.8 Å². The number of nitrogens with one attached hydrogen (secondary N) is 1. The third-order valence-corrected chi connectivity index (χ3v) is 8.05. The molecule has 0 radical (unpaired) electrons. The lowest BCUT2D eigenvalue weighted by molar-refractivity contribution is -0.139. The molecular weight excluding hydrogens is 502 g/mol. The highest BCUT2D eigenvalue weighted by Crippen LogP contribution is 2.48. The van der Waals surface area contributed by atoms with Crippen LogP contribution in [-0.2, 0) is 20.7 Å². The Kier molecular flexibility index (Phi) is 7.47. The molecule has 0 unspecified atom stereocenters. The number of nitrogens with zero attached hydrogens (tertiary/aromatic N) is 2. The Balaban J connectivity index is 0.000000292. The minimum Gasteiger partial charge on any atom is -0.497 e. The van der Waals surface area contributed by atoms with Gasteiger partial charge in [0.05, 0.1) is 50.9 Å². The number of ether oxygens (including phenoxy) is 4. The first-order chi connectivity index (χ1) is 18.9. The Bertz CT molecular complexity index is 1400. The van der Waals surface area contributed by atoms with Crippen molar-refractivity contribution in [1.82, 2.24) is 14.9 Å². The van der Waals surface area contributed by atoms with Crippen molar-refractivity contribution in [3.05, 3.63) is 65.3 Å². The van der Waals surface area contributed by atoms with Gasteiger partial charge < -0.3 is 29.0 Å². The lowest BCUT2D eigenvalue weighted by atomic mass is 9.72. The zero-order chi connectivity index (χ0) is 27.7. The van der Waals surface area contributed by atoms with E-state index in [-0.39, 0.29) is 35.5 Å². The number of benzene rings is 1. The summed E-state index contributed by atoms with van der Waals surface area (Å²) in [6.45, 7) is 4.00. The molecule has 1 fully saturated rings. The number of H-pyrrole nitrogens is 1. The van der Waals surface area contributed by atoms with Crippen LogP contribution in [0.4, 0.5) is 0 Å². The van der Waals surface area contributed by atoms with Crippen molar-refractivity contribution in [1.29, 1.82) is 0 Å². The van der Waals surface area contributed by atoms with Crippen molar-refractivity contribution in [3.8, 4) is 11.5 Å². The Labute approximate surface area is 226 Å². The van der Waals surface area contributed by atoms with Gasteiger partial charge in [-0.25, -0.2) is 9.59 Å². The Morgan fingerprint density at radius 1 is 1.18 bits per heavy atom. The van der Waals surface area contributed by atoms with Crippen LogP contribution < -0.4 is 9.47 Å². The van der Waals surface area contributed by atoms with E-state index in [0.29, 0.717) is 5.57 Å². The number of rotatable bonds is 4. The fraction of sp³-hybridized carbons (Fsp3) is 0.414. The van der Waals surface area contributed by atoms with Crippen LogP contribution in [0.25, 0.3) is 10.9 Å². The van der Waals surface area contributed by atoms with Crippen LogP contribution in [0.2, 0.25) is 0 Å². The van der Waals surface area contributed by atoms with E-state index in [4.69, 9.17) is 24.1 Å². The number of carbonyl (C=O) groups excluding carboxylic acids is 1. The number of esters is 1. The Hall–Kier alpha value is -4.05. The predicted molar refractivity (Wildman–Crippen MR) is 143 cm³/mol. The molecule has 10 nitrogen and oxygen atoms in total. The Morgan fingerprint density at radius 2 is 1.95 bits per heavy atom. The van der Waals surface area contributed by atoms with Gasteiger partial charge >= 0.3 is 11.9 Å². The van der Waals surface area contributed by atoms with Gasteiger partial charge in [0.1, 0.15) is 0 Å². The SMILES string of the molecule is COC(=O)C1=CO[C@@H](C)[C@@H]2CN3CCc4c([nH]c5cc(OC)c(OC)cc45)[C@@H]3C[C@H]12.O=C(O)c1cccnc1. The second-order valence-corrected chi connectivity index (χ2v) is 9.99. The number of fused-ring (bicyclic) bond motifs is 6. The first-order valence-corrected chi connectivity index (χ1v) is 12.9. The molecule has 5 heterocycles. The molecule has 0 saturated carbocycles. The maximum absolute atomic E-state index is 12.4. The lowest BCUT2D eigenvalue weighted by Crippen LogP contribution is -2.51. The fourth-order valence-corrected chi connectivity index (χ4v) is 6.05. The van der Waals surface area contributed by atoms with Crippen molar-refractivity contribution in [3.63, 3.8) is 0 Å². The van der Waals surface area contributed by atoms with E-state index in [9.17, 15) is 9.59 Å². The molecule has 0 amide bonds. The maximum Gasteiger partial charge on any atom is 0.337 e. The van der Waals surface area contributed by atoms with Crippen molar-refractivity contribution in [2.24, 2.45) is 11.8 Å². The van der Waals surface area contributed by atoms with Crippen LogP contribution in [0.5, 0.6) is 11.5 Å². The number of carboxylic acid groups (broad SMARTS) is 1. The van der Waals surface area contributed by atoms with E-state index in [2.05, 4.69) is 27.9 Å². The summed E-state index contributed by atoms with van der Waals surface area (Å²) in [7, 11) is 4.75. The molecule has 3 aliphatic rings. The highest BCUT2D eigenvalue weighted by Gasteiger charge is 2.47. The molecular formula is C29H33N3O7. The van der Waals surface area contributed by atoms with Crippen LogP contribution >= 0.6 is 0 Å². The van der Waals surface area contributed by atoms with Gasteiger partial charge in [0, 0.05) is 60.0 Å². The van der Waals surface area contributed by atoms with Gasteiger partial charge in [-0.05, 0) is 43.5 Å². The molecule has 0 aliphatic carbocycles. The highest BCUT2D eigenvalue weighted by molar-refractivity contribution is 5.90. The molecule has 10 heteroatoms. The molecule has 39 heavy (non-hydrogen) atoms. The van der Waals surface area contributed by atoms with Crippen molar-refractivity contribution < 1.29 is 33.6 Å². The molecule has 1 saturated heterocycles. The molecule has 2 aromatic heterocycles. The van der Waals surface area contributed by atoms with Gasteiger partial charge in [0.15, 0.2) is 11.5 Å². The fourth-order valence-electron chi connectivity index (χ4n) is 6.05. The summed E-state index contributed by atoms with van der Waals surface area (Å²) in [4.78, 5) is 32.4. The molecule has 2 N–H and O–H groups in total. The maximum atomic E-state index is 12.4. The number of hydrogen-bond donors (Lipinski definition) is 2. The van der Waals surface area contributed by atoms with Gasteiger partial charge in [-0.1, -0.05) is 0 Å². The molecule has 206 valence electrons. The number of piperidine rings is 1. The average Bonchev–Trinajstić information content (AvgIpc) is 3.34. The monoisotopic (exact) mass is 535 g/mol. The molecule has 3 aromatic rings. The van der Waals surface area contributed by atoms with Crippen LogP contribution in [-0.4, -0.2) is 72.4 Å². The van der Waals surface area contributed by atoms with Crippen LogP contribution in [0.15, 0.2) is 48.5 Å². The quantitative estimate of drug-likeness (QED) is 0.478. The molecule has 4 atom stereocenters. The first kappa shape index (κ1) is 26.6. The van der Waals surface area contributed by atoms with Gasteiger partial charge in [-0.15, -0.1) is 0 Å². The minimum absolute atomic E-state index is 0.0852. The molecule has 0 spiro atoms. The summed E-state index contributed by atoms with van der Waals surface area (Å²) < 4.78 is 21.9. The Morgan fingerprint density at radius 3 is 2.59 bits per heavy atom. The second-order valence-electron chi connectivity index (χ2n) is 9.99. The normalized spacial score (nSPS) is 23.5. The summed E-state index contributed by atoms with van der Waals surface area (Å²) in [6, 6.07) is 7.40. The van der Waals surface area contributed by atoms with E-state index in [0.717, 1.165) is 42.9 Å². The van der Waals surface area contributed by atoms with E-state index in [1.165, 1.54) is 42.2 Å². The third kappa shape index (κ3) is 4.92. The van der Waals surface area contributed by atoms with Crippen LogP contribution in [0.3, 0.4) is 0 Å². The smallest absolute Gasteiger partial charge is 0.337 e. The molecule has 0 bridgehead atoms. The highest BCUT2D eigenvalue weighted by atomic mass is 16.5. The van der Waals surface area contributed by atoms with E-state index in [1.807, 2.05) is 6.07 Å². The minimum atomic E-state index is -0.942. The lowest BCUT2D eigenvalue weighted by Gasteiger charge is -2.49. The molecule has 3 aliphatic heterocycles. The predicted octanol–water partition coefficient (Wildman–Crippen LogP) is 3.98. The number of aromatic nitrogens is 2. The summed E-state index contributed by atoms with van der Waals surface area (Å²) >= 11 is 0. The zero-order valence-corrected chi connectivity index (χ0v) is 22.5. The first-order valence-electron chi connectivity index (χ1n) is 12.9. The summed E-state index contributed by atoms with van der Waals surface area (Å²) in [5, 5.41) is 9.53. The number of pyridine rings is 1. The van der Waals surface area contributed by atoms with Gasteiger partial charge in [-0.3, -0.25) is 9.88 Å². The summed E-state index contributed by atoms with van der Waals surface area (Å²) in [5.74, 6) is 0.649. The van der Waals surface area contributed by atoms with E-state index in [1.54, 1.807) is 26.5 Å². The van der Waals surface area contributed by atoms with Crippen molar-refractivity contribution >= 4 is 22.8 Å². The number of hydrogen-bond acceptors (Lipinski definition) is 8. The number of methoxy groups -OCH3 is 3. The van der Waals surface area contributed by atoms with E-state index >= 15 is 0 Å². The second kappa shape index (κ2) is 11.0. The summed E-state index contributed by atoms with van der Waals surface area (Å²) in [6.07, 6.45) is 6.40. The van der Waals surface area contributed by atoms with Crippen molar-refractivity contribution in [2.45, 2.75) is 31.9 Å². The number of aromatic carboxylic acids is 1. The topological polar surface area (TPSA) is 123 Å². The summed E-state index contributed by atoms with van der Waals surface area (Å²) in [5.41, 5.74) is 4.53. The average molecular weight is 536 g/mol. The number of carboxylic acids is 1. The van der Waals surface area contributed by atoms with Gasteiger partial charge in [-0.2, -0.15) is 0 Å². The number of aromatic amines is 1. The third-order valence-electron chi connectivity index (χ3n) is 8.05. The van der Waals surface area contributed by atoms with Gasteiger partial charge in [0.25, 0.3) is 0 Å². The number of carbonyl (C=O) groups is 2.